The van der Waals surface area contributed by atoms with Crippen molar-refractivity contribution >= 4 is 11.8 Å². The molecule has 0 unspecified atom stereocenters. The van der Waals surface area contributed by atoms with Gasteiger partial charge in [0.05, 0.1) is 7.11 Å². The van der Waals surface area contributed by atoms with E-state index in [-0.39, 0.29) is 5.97 Å². The van der Waals surface area contributed by atoms with Gasteiger partial charge in [0.1, 0.15) is 5.78 Å². The smallest absolute Gasteiger partial charge is 0.305 e. The average molecular weight is 329 g/mol. The van der Waals surface area contributed by atoms with Crippen LogP contribution in [-0.4, -0.2) is 18.9 Å². The number of carbonyl (C=O) groups excluding carboxylic acids is 2. The van der Waals surface area contributed by atoms with Gasteiger partial charge in [0.15, 0.2) is 0 Å². The summed E-state index contributed by atoms with van der Waals surface area (Å²) >= 11 is 0. The molecule has 0 heterocycles. The van der Waals surface area contributed by atoms with E-state index in [9.17, 15) is 9.59 Å². The molecule has 0 aromatic rings. The highest BCUT2D eigenvalue weighted by Gasteiger charge is 1.98. The lowest BCUT2D eigenvalue weighted by Crippen LogP contribution is -1.99. The number of rotatable bonds is 13. The highest BCUT2D eigenvalue weighted by atomic mass is 16.5. The molecule has 138 valence electrons. The molecular weight excluding hydrogens is 288 g/mol. The Labute approximate surface area is 144 Å². The summed E-state index contributed by atoms with van der Waals surface area (Å²) in [6.45, 7) is 8.14. The van der Waals surface area contributed by atoms with E-state index in [1.165, 1.54) is 58.5 Å². The maximum atomic E-state index is 10.8. The summed E-state index contributed by atoms with van der Waals surface area (Å²) in [6, 6.07) is 0. The van der Waals surface area contributed by atoms with Gasteiger partial charge in [0, 0.05) is 12.8 Å². The largest absolute Gasteiger partial charge is 0.469 e. The van der Waals surface area contributed by atoms with E-state index in [1.807, 2.05) is 0 Å². The molecule has 0 atom stereocenters. The minimum absolute atomic E-state index is 0.0713. The third-order valence-corrected chi connectivity index (χ3v) is 3.79. The molecule has 0 rings (SSSR count). The van der Waals surface area contributed by atoms with E-state index >= 15 is 0 Å². The number of ether oxygens (including phenoxy) is 1. The lowest BCUT2D eigenvalue weighted by atomic mass is 10.1. The molecule has 0 aromatic carbocycles. The van der Waals surface area contributed by atoms with Crippen LogP contribution in [0.5, 0.6) is 0 Å². The molecule has 0 aliphatic carbocycles. The first-order valence-electron chi connectivity index (χ1n) is 9.50. The van der Waals surface area contributed by atoms with Crippen molar-refractivity contribution in [2.75, 3.05) is 7.11 Å². The number of hydrogen-bond donors (Lipinski definition) is 0. The van der Waals surface area contributed by atoms with Crippen LogP contribution >= 0.6 is 0 Å². The summed E-state index contributed by atoms with van der Waals surface area (Å²) in [4.78, 5) is 21.1. The van der Waals surface area contributed by atoms with Crippen LogP contribution in [0.25, 0.3) is 0 Å². The average Bonchev–Trinajstić information content (AvgIpc) is 2.51. The second-order valence-corrected chi connectivity index (χ2v) is 6.79. The van der Waals surface area contributed by atoms with Gasteiger partial charge in [-0.2, -0.15) is 0 Å². The maximum Gasteiger partial charge on any atom is 0.305 e. The fourth-order valence-electron chi connectivity index (χ4n) is 2.17. The van der Waals surface area contributed by atoms with E-state index in [4.69, 9.17) is 0 Å². The molecule has 0 saturated heterocycles. The number of carbonyl (C=O) groups is 2. The van der Waals surface area contributed by atoms with Crippen molar-refractivity contribution in [3.05, 3.63) is 0 Å². The predicted octanol–water partition coefficient (Wildman–Crippen LogP) is 6.09. The van der Waals surface area contributed by atoms with Gasteiger partial charge in [-0.3, -0.25) is 4.79 Å². The highest BCUT2D eigenvalue weighted by molar-refractivity contribution is 5.75. The van der Waals surface area contributed by atoms with Crippen molar-refractivity contribution in [2.24, 2.45) is 5.92 Å². The van der Waals surface area contributed by atoms with E-state index in [2.05, 4.69) is 25.5 Å². The van der Waals surface area contributed by atoms with Crippen LogP contribution in [-0.2, 0) is 14.3 Å². The van der Waals surface area contributed by atoms with E-state index < -0.39 is 0 Å². The van der Waals surface area contributed by atoms with Crippen molar-refractivity contribution in [1.29, 1.82) is 0 Å². The zero-order chi connectivity index (χ0) is 17.9. The van der Waals surface area contributed by atoms with Crippen molar-refractivity contribution < 1.29 is 14.3 Å². The predicted molar refractivity (Wildman–Crippen MR) is 98.6 cm³/mol. The van der Waals surface area contributed by atoms with Gasteiger partial charge in [-0.05, 0) is 25.7 Å². The van der Waals surface area contributed by atoms with Crippen molar-refractivity contribution in [2.45, 2.75) is 105 Å². The minimum atomic E-state index is -0.0713. The zero-order valence-electron chi connectivity index (χ0n) is 16.3. The van der Waals surface area contributed by atoms with Crippen LogP contribution < -0.4 is 0 Å². The molecule has 0 N–H and O–H groups in total. The summed E-state index contributed by atoms with van der Waals surface area (Å²) in [5, 5.41) is 0. The van der Waals surface area contributed by atoms with Crippen LogP contribution in [0.4, 0.5) is 0 Å². The summed E-state index contributed by atoms with van der Waals surface area (Å²) in [7, 11) is 1.45. The van der Waals surface area contributed by atoms with Crippen LogP contribution in [0, 0.1) is 5.92 Å². The second-order valence-electron chi connectivity index (χ2n) is 6.79. The Bertz CT molecular complexity index is 272. The molecule has 0 saturated carbocycles. The molecule has 0 bridgehead atoms. The van der Waals surface area contributed by atoms with Gasteiger partial charge < -0.3 is 9.53 Å². The molecule has 23 heavy (non-hydrogen) atoms. The Hall–Kier alpha value is -0.860. The molecule has 0 aliphatic heterocycles. The maximum absolute atomic E-state index is 10.8. The van der Waals surface area contributed by atoms with Crippen LogP contribution in [0.1, 0.15) is 105 Å². The lowest BCUT2D eigenvalue weighted by Gasteiger charge is -2.01. The van der Waals surface area contributed by atoms with Crippen molar-refractivity contribution in [3.63, 3.8) is 0 Å². The number of hydrogen-bond acceptors (Lipinski definition) is 3. The summed E-state index contributed by atoms with van der Waals surface area (Å²) in [5.41, 5.74) is 0. The number of ketones is 1. The molecule has 0 aliphatic rings. The number of Topliss-reactive ketones (excluding diaryl/α,β-unsaturated/α-hetero) is 1. The van der Waals surface area contributed by atoms with Gasteiger partial charge in [-0.15, -0.1) is 0 Å². The number of methoxy groups -OCH3 is 1. The first kappa shape index (κ1) is 24.4. The summed E-state index contributed by atoms with van der Waals surface area (Å²) in [6.07, 6.45) is 13.9. The standard InChI is InChI=1S/C13H26O2.C7H14O/c1-3-4-5-6-7-8-9-10-11-12-13(14)15-2;1-6(2)4-5-7(3)8/h3-12H2,1-2H3;6H,4-5H2,1-3H3. The molecule has 0 spiro atoms. The fourth-order valence-corrected chi connectivity index (χ4v) is 2.17. The minimum Gasteiger partial charge on any atom is -0.469 e. The lowest BCUT2D eigenvalue weighted by molar-refractivity contribution is -0.140. The monoisotopic (exact) mass is 328 g/mol. The third kappa shape index (κ3) is 26.4. The molecule has 3 nitrogen and oxygen atoms in total. The Morgan fingerprint density at radius 2 is 1.30 bits per heavy atom. The summed E-state index contributed by atoms with van der Waals surface area (Å²) in [5.74, 6) is 0.899. The van der Waals surface area contributed by atoms with E-state index in [0.717, 1.165) is 19.3 Å². The van der Waals surface area contributed by atoms with Crippen molar-refractivity contribution in [3.8, 4) is 0 Å². The highest BCUT2D eigenvalue weighted by Crippen LogP contribution is 2.10. The quantitative estimate of drug-likeness (QED) is 0.303. The Morgan fingerprint density at radius 1 is 0.826 bits per heavy atom. The molecule has 0 amide bonds. The second kappa shape index (κ2) is 19.2. The number of unbranched alkanes of at least 4 members (excludes halogenated alkanes) is 8. The Kier molecular flexibility index (Phi) is 20.3. The Balaban J connectivity index is 0. The first-order valence-corrected chi connectivity index (χ1v) is 9.50. The van der Waals surface area contributed by atoms with Crippen LogP contribution in [0.15, 0.2) is 0 Å². The zero-order valence-corrected chi connectivity index (χ0v) is 16.3. The van der Waals surface area contributed by atoms with Crippen LogP contribution in [0.3, 0.4) is 0 Å². The van der Waals surface area contributed by atoms with Gasteiger partial charge in [0.2, 0.25) is 0 Å². The molecule has 0 aromatic heterocycles. The van der Waals surface area contributed by atoms with E-state index in [1.54, 1.807) is 6.92 Å². The van der Waals surface area contributed by atoms with E-state index in [0.29, 0.717) is 18.1 Å². The van der Waals surface area contributed by atoms with Gasteiger partial charge >= 0.3 is 5.97 Å². The SMILES string of the molecule is CC(=O)CCC(C)C.CCCCCCCCCCCC(=O)OC. The molecule has 3 heteroatoms. The first-order chi connectivity index (χ1) is 10.9. The normalized spacial score (nSPS) is 10.2. The van der Waals surface area contributed by atoms with Gasteiger partial charge in [-0.1, -0.05) is 72.1 Å². The number of esters is 1. The van der Waals surface area contributed by atoms with Gasteiger partial charge in [0.25, 0.3) is 0 Å². The molecule has 0 radical (unpaired) electrons. The fraction of sp³-hybridized carbons (Fsp3) is 0.900. The van der Waals surface area contributed by atoms with Crippen LogP contribution in [0.2, 0.25) is 0 Å². The van der Waals surface area contributed by atoms with Crippen molar-refractivity contribution in [1.82, 2.24) is 0 Å². The third-order valence-electron chi connectivity index (χ3n) is 3.79. The molecular formula is C20H40O3. The Morgan fingerprint density at radius 3 is 1.65 bits per heavy atom. The van der Waals surface area contributed by atoms with Gasteiger partial charge in [-0.25, -0.2) is 0 Å². The molecule has 0 fully saturated rings. The summed E-state index contributed by atoms with van der Waals surface area (Å²) < 4.78 is 4.58. The topological polar surface area (TPSA) is 43.4 Å².